The van der Waals surface area contributed by atoms with E-state index in [-0.39, 0.29) is 5.60 Å². The van der Waals surface area contributed by atoms with E-state index in [2.05, 4.69) is 31.0 Å². The van der Waals surface area contributed by atoms with Gasteiger partial charge in [0, 0.05) is 32.8 Å². The third-order valence-corrected chi connectivity index (χ3v) is 5.08. The number of nitrogens with zero attached hydrogens (tertiary/aromatic N) is 1. The SMILES string of the molecule is CCCC(C)(CNC1CC1)CN1CCCC(C)(OC)C1. The van der Waals surface area contributed by atoms with Gasteiger partial charge in [-0.25, -0.2) is 0 Å². The minimum atomic E-state index is 0.0648. The third-order valence-electron chi connectivity index (χ3n) is 5.08. The molecule has 2 rings (SSSR count). The van der Waals surface area contributed by atoms with Gasteiger partial charge in [0.15, 0.2) is 0 Å². The first-order chi connectivity index (χ1) is 9.49. The van der Waals surface area contributed by atoms with E-state index >= 15 is 0 Å². The zero-order chi connectivity index (χ0) is 14.6. The highest BCUT2D eigenvalue weighted by Gasteiger charge is 2.35. The minimum absolute atomic E-state index is 0.0648. The molecule has 1 N–H and O–H groups in total. The summed E-state index contributed by atoms with van der Waals surface area (Å²) >= 11 is 0. The van der Waals surface area contributed by atoms with Gasteiger partial charge in [-0.3, -0.25) is 4.90 Å². The number of hydrogen-bond donors (Lipinski definition) is 1. The van der Waals surface area contributed by atoms with E-state index < -0.39 is 0 Å². The largest absolute Gasteiger partial charge is 0.377 e. The molecule has 1 aliphatic carbocycles. The maximum atomic E-state index is 5.73. The summed E-state index contributed by atoms with van der Waals surface area (Å²) in [5.41, 5.74) is 0.471. The Kier molecular flexibility index (Phi) is 5.49. The van der Waals surface area contributed by atoms with Gasteiger partial charge >= 0.3 is 0 Å². The Bertz CT molecular complexity index is 305. The smallest absolute Gasteiger partial charge is 0.0777 e. The van der Waals surface area contributed by atoms with Crippen molar-refractivity contribution in [3.8, 4) is 0 Å². The van der Waals surface area contributed by atoms with Crippen LogP contribution in [0.4, 0.5) is 0 Å². The molecule has 0 aromatic rings. The third kappa shape index (κ3) is 4.71. The summed E-state index contributed by atoms with van der Waals surface area (Å²) in [5.74, 6) is 0. The summed E-state index contributed by atoms with van der Waals surface area (Å²) in [6.45, 7) is 11.7. The van der Waals surface area contributed by atoms with Gasteiger partial charge in [-0.15, -0.1) is 0 Å². The summed E-state index contributed by atoms with van der Waals surface area (Å²) < 4.78 is 5.73. The lowest BCUT2D eigenvalue weighted by Crippen LogP contribution is -2.52. The van der Waals surface area contributed by atoms with E-state index in [4.69, 9.17) is 4.74 Å². The van der Waals surface area contributed by atoms with Crippen molar-refractivity contribution in [1.82, 2.24) is 10.2 Å². The first-order valence-electron chi connectivity index (χ1n) is 8.49. The number of rotatable bonds is 8. The summed E-state index contributed by atoms with van der Waals surface area (Å²) in [5, 5.41) is 3.75. The molecule has 1 saturated heterocycles. The van der Waals surface area contributed by atoms with E-state index in [1.54, 1.807) is 0 Å². The second kappa shape index (κ2) is 6.76. The van der Waals surface area contributed by atoms with Crippen molar-refractivity contribution < 1.29 is 4.74 Å². The van der Waals surface area contributed by atoms with Gasteiger partial charge in [0.2, 0.25) is 0 Å². The van der Waals surface area contributed by atoms with Crippen LogP contribution >= 0.6 is 0 Å². The molecule has 2 atom stereocenters. The summed E-state index contributed by atoms with van der Waals surface area (Å²) in [6.07, 6.45) is 7.82. The Labute approximate surface area is 125 Å². The van der Waals surface area contributed by atoms with E-state index in [1.807, 2.05) is 7.11 Å². The lowest BCUT2D eigenvalue weighted by Gasteiger charge is -2.43. The van der Waals surface area contributed by atoms with Crippen LogP contribution in [0, 0.1) is 5.41 Å². The lowest BCUT2D eigenvalue weighted by molar-refractivity contribution is -0.0588. The fraction of sp³-hybridized carbons (Fsp3) is 1.00. The molecule has 0 spiro atoms. The maximum Gasteiger partial charge on any atom is 0.0777 e. The van der Waals surface area contributed by atoms with E-state index in [1.165, 1.54) is 58.2 Å². The number of piperidine rings is 1. The van der Waals surface area contributed by atoms with Crippen LogP contribution in [0.25, 0.3) is 0 Å². The van der Waals surface area contributed by atoms with E-state index in [0.717, 1.165) is 12.6 Å². The highest BCUT2D eigenvalue weighted by atomic mass is 16.5. The second-order valence-electron chi connectivity index (χ2n) is 7.68. The molecule has 1 saturated carbocycles. The fourth-order valence-corrected chi connectivity index (χ4v) is 3.65. The van der Waals surface area contributed by atoms with Gasteiger partial charge in [0.1, 0.15) is 0 Å². The summed E-state index contributed by atoms with van der Waals surface area (Å²) in [6, 6.07) is 0.816. The Morgan fingerprint density at radius 2 is 2.15 bits per heavy atom. The predicted octanol–water partition coefficient (Wildman–Crippen LogP) is 3.05. The molecule has 3 nitrogen and oxygen atoms in total. The molecule has 0 aromatic heterocycles. The lowest BCUT2D eigenvalue weighted by atomic mass is 9.83. The maximum absolute atomic E-state index is 5.73. The van der Waals surface area contributed by atoms with Gasteiger partial charge in [0.25, 0.3) is 0 Å². The average Bonchev–Trinajstić information content (AvgIpc) is 3.21. The molecule has 3 heteroatoms. The Morgan fingerprint density at radius 1 is 1.40 bits per heavy atom. The molecule has 20 heavy (non-hydrogen) atoms. The van der Waals surface area contributed by atoms with Crippen LogP contribution < -0.4 is 5.32 Å². The molecule has 2 aliphatic rings. The van der Waals surface area contributed by atoms with Crippen LogP contribution in [-0.2, 0) is 4.74 Å². The standard InChI is InChI=1S/C17H34N2O/c1-5-9-16(2,12-18-15-7-8-15)13-19-11-6-10-17(3,14-19)20-4/h15,18H,5-14H2,1-4H3. The minimum Gasteiger partial charge on any atom is -0.377 e. The highest BCUT2D eigenvalue weighted by Crippen LogP contribution is 2.30. The van der Waals surface area contributed by atoms with Gasteiger partial charge in [-0.2, -0.15) is 0 Å². The number of methoxy groups -OCH3 is 1. The summed E-state index contributed by atoms with van der Waals surface area (Å²) in [4.78, 5) is 2.64. The van der Waals surface area contributed by atoms with Crippen molar-refractivity contribution in [3.05, 3.63) is 0 Å². The molecule has 2 unspecified atom stereocenters. The normalized spacial score (nSPS) is 31.2. The van der Waals surface area contributed by atoms with Crippen molar-refractivity contribution >= 4 is 0 Å². The first kappa shape index (κ1) is 16.3. The van der Waals surface area contributed by atoms with E-state index in [9.17, 15) is 0 Å². The van der Waals surface area contributed by atoms with Crippen molar-refractivity contribution in [3.63, 3.8) is 0 Å². The van der Waals surface area contributed by atoms with Crippen molar-refractivity contribution in [2.75, 3.05) is 33.3 Å². The quantitative estimate of drug-likeness (QED) is 0.740. The van der Waals surface area contributed by atoms with Crippen molar-refractivity contribution in [2.45, 2.75) is 70.9 Å². The second-order valence-corrected chi connectivity index (χ2v) is 7.68. The van der Waals surface area contributed by atoms with Crippen LogP contribution in [0.15, 0.2) is 0 Å². The Morgan fingerprint density at radius 3 is 2.75 bits per heavy atom. The molecule has 0 radical (unpaired) electrons. The van der Waals surface area contributed by atoms with Crippen LogP contribution in [0.2, 0.25) is 0 Å². The number of likely N-dealkylation sites (tertiary alicyclic amines) is 1. The van der Waals surface area contributed by atoms with E-state index in [0.29, 0.717) is 5.41 Å². The molecule has 2 fully saturated rings. The molecule has 0 amide bonds. The van der Waals surface area contributed by atoms with Gasteiger partial charge in [0.05, 0.1) is 5.60 Å². The molecule has 1 aliphatic heterocycles. The highest BCUT2D eigenvalue weighted by molar-refractivity contribution is 4.90. The number of hydrogen-bond acceptors (Lipinski definition) is 3. The zero-order valence-corrected chi connectivity index (χ0v) is 14.0. The molecule has 1 heterocycles. The molecule has 118 valence electrons. The average molecular weight is 282 g/mol. The Hall–Kier alpha value is -0.120. The molecular formula is C17H34N2O. The van der Waals surface area contributed by atoms with Crippen LogP contribution in [0.5, 0.6) is 0 Å². The van der Waals surface area contributed by atoms with Crippen LogP contribution in [0.1, 0.15) is 59.3 Å². The van der Waals surface area contributed by atoms with Crippen LogP contribution in [0.3, 0.4) is 0 Å². The first-order valence-corrected chi connectivity index (χ1v) is 8.49. The zero-order valence-electron chi connectivity index (χ0n) is 14.0. The monoisotopic (exact) mass is 282 g/mol. The molecular weight excluding hydrogens is 248 g/mol. The molecule has 0 aromatic carbocycles. The fourth-order valence-electron chi connectivity index (χ4n) is 3.65. The predicted molar refractivity (Wildman–Crippen MR) is 85.1 cm³/mol. The summed E-state index contributed by atoms with van der Waals surface area (Å²) in [7, 11) is 1.86. The topological polar surface area (TPSA) is 24.5 Å². The van der Waals surface area contributed by atoms with Gasteiger partial charge < -0.3 is 10.1 Å². The number of ether oxygens (including phenoxy) is 1. The molecule has 0 bridgehead atoms. The van der Waals surface area contributed by atoms with Crippen LogP contribution in [-0.4, -0.2) is 49.8 Å². The van der Waals surface area contributed by atoms with Crippen molar-refractivity contribution in [1.29, 1.82) is 0 Å². The van der Waals surface area contributed by atoms with Gasteiger partial charge in [-0.1, -0.05) is 20.3 Å². The van der Waals surface area contributed by atoms with Crippen molar-refractivity contribution in [2.24, 2.45) is 5.41 Å². The van der Waals surface area contributed by atoms with Gasteiger partial charge in [-0.05, 0) is 51.0 Å². The number of nitrogens with one attached hydrogen (secondary N) is 1. The Balaban J connectivity index is 1.88.